The number of anilines is 1. The van der Waals surface area contributed by atoms with Gasteiger partial charge in [-0.2, -0.15) is 0 Å². The standard InChI is InChI=1S/C20H23N3O2S/c1-13-8-10-14(11-9-13)17(24)22-19(26)21-16-7-5-6-15(12-16)18(25)23-20(2,3)4/h5-12H,1-4H3,(H,23,25)(H2,21,22,24,26). The third-order valence-electron chi connectivity index (χ3n) is 3.41. The van der Waals surface area contributed by atoms with Gasteiger partial charge < -0.3 is 10.6 Å². The molecule has 0 aromatic heterocycles. The van der Waals surface area contributed by atoms with Crippen LogP contribution >= 0.6 is 12.2 Å². The van der Waals surface area contributed by atoms with Gasteiger partial charge in [-0.05, 0) is 70.2 Å². The van der Waals surface area contributed by atoms with Crippen LogP contribution in [0.1, 0.15) is 47.1 Å². The van der Waals surface area contributed by atoms with Crippen LogP contribution in [0.25, 0.3) is 0 Å². The van der Waals surface area contributed by atoms with Crippen molar-refractivity contribution in [1.82, 2.24) is 10.6 Å². The van der Waals surface area contributed by atoms with Crippen molar-refractivity contribution in [3.05, 3.63) is 65.2 Å². The van der Waals surface area contributed by atoms with Gasteiger partial charge in [0.25, 0.3) is 11.8 Å². The highest BCUT2D eigenvalue weighted by Gasteiger charge is 2.15. The molecule has 0 aliphatic carbocycles. The summed E-state index contributed by atoms with van der Waals surface area (Å²) in [7, 11) is 0. The average Bonchev–Trinajstić information content (AvgIpc) is 2.54. The second-order valence-corrected chi connectivity index (χ2v) is 7.47. The van der Waals surface area contributed by atoms with E-state index in [4.69, 9.17) is 12.2 Å². The smallest absolute Gasteiger partial charge is 0.257 e. The maximum atomic E-state index is 12.2. The Balaban J connectivity index is 2.00. The molecule has 2 aromatic rings. The molecule has 0 heterocycles. The highest BCUT2D eigenvalue weighted by Crippen LogP contribution is 2.12. The molecule has 0 spiro atoms. The summed E-state index contributed by atoms with van der Waals surface area (Å²) in [6.07, 6.45) is 0. The zero-order chi connectivity index (χ0) is 19.3. The van der Waals surface area contributed by atoms with Gasteiger partial charge in [0.1, 0.15) is 0 Å². The summed E-state index contributed by atoms with van der Waals surface area (Å²) in [6, 6.07) is 14.1. The minimum Gasteiger partial charge on any atom is -0.347 e. The van der Waals surface area contributed by atoms with Gasteiger partial charge in [0.2, 0.25) is 0 Å². The molecule has 5 nitrogen and oxygen atoms in total. The number of nitrogens with one attached hydrogen (secondary N) is 3. The number of aryl methyl sites for hydroxylation is 1. The van der Waals surface area contributed by atoms with Gasteiger partial charge in [-0.25, -0.2) is 0 Å². The van der Waals surface area contributed by atoms with Crippen LogP contribution in [0.2, 0.25) is 0 Å². The van der Waals surface area contributed by atoms with Gasteiger partial charge in [0.05, 0.1) is 0 Å². The Morgan fingerprint density at radius 2 is 1.58 bits per heavy atom. The molecule has 0 saturated heterocycles. The molecular weight excluding hydrogens is 346 g/mol. The van der Waals surface area contributed by atoms with Crippen molar-refractivity contribution in [3.8, 4) is 0 Å². The Morgan fingerprint density at radius 1 is 0.923 bits per heavy atom. The highest BCUT2D eigenvalue weighted by molar-refractivity contribution is 7.80. The molecule has 2 aromatic carbocycles. The number of thiocarbonyl (C=S) groups is 1. The van der Waals surface area contributed by atoms with Crippen LogP contribution in [-0.2, 0) is 0 Å². The highest BCUT2D eigenvalue weighted by atomic mass is 32.1. The summed E-state index contributed by atoms with van der Waals surface area (Å²) in [6.45, 7) is 7.71. The summed E-state index contributed by atoms with van der Waals surface area (Å²) >= 11 is 5.19. The molecule has 0 fully saturated rings. The Hall–Kier alpha value is -2.73. The number of amides is 2. The largest absolute Gasteiger partial charge is 0.347 e. The third-order valence-corrected chi connectivity index (χ3v) is 3.62. The van der Waals surface area contributed by atoms with E-state index >= 15 is 0 Å². The van der Waals surface area contributed by atoms with Gasteiger partial charge in [-0.3, -0.25) is 14.9 Å². The lowest BCUT2D eigenvalue weighted by atomic mass is 10.1. The van der Waals surface area contributed by atoms with Crippen LogP contribution in [-0.4, -0.2) is 22.5 Å². The van der Waals surface area contributed by atoms with Crippen molar-refractivity contribution < 1.29 is 9.59 Å². The molecular formula is C20H23N3O2S. The molecule has 0 aliphatic heterocycles. The van der Waals surface area contributed by atoms with Gasteiger partial charge >= 0.3 is 0 Å². The fourth-order valence-electron chi connectivity index (χ4n) is 2.19. The Bertz CT molecular complexity index is 824. The van der Waals surface area contributed by atoms with E-state index in [0.717, 1.165) is 5.56 Å². The predicted octanol–water partition coefficient (Wildman–Crippen LogP) is 3.65. The Kier molecular flexibility index (Phi) is 6.10. The third kappa shape index (κ3) is 5.97. The summed E-state index contributed by atoms with van der Waals surface area (Å²) in [5, 5.41) is 8.64. The van der Waals surface area contributed by atoms with E-state index in [2.05, 4.69) is 16.0 Å². The van der Waals surface area contributed by atoms with E-state index in [1.165, 1.54) is 0 Å². The Morgan fingerprint density at radius 3 is 2.19 bits per heavy atom. The van der Waals surface area contributed by atoms with E-state index < -0.39 is 0 Å². The van der Waals surface area contributed by atoms with Crippen LogP contribution in [0, 0.1) is 6.92 Å². The van der Waals surface area contributed by atoms with E-state index in [9.17, 15) is 9.59 Å². The van der Waals surface area contributed by atoms with E-state index in [1.54, 1.807) is 36.4 Å². The molecule has 0 atom stereocenters. The van der Waals surface area contributed by atoms with Crippen LogP contribution in [0.3, 0.4) is 0 Å². The lowest BCUT2D eigenvalue weighted by Crippen LogP contribution is -2.40. The topological polar surface area (TPSA) is 70.2 Å². The maximum Gasteiger partial charge on any atom is 0.257 e. The lowest BCUT2D eigenvalue weighted by Gasteiger charge is -2.20. The molecule has 0 saturated carbocycles. The van der Waals surface area contributed by atoms with Crippen LogP contribution in [0.15, 0.2) is 48.5 Å². The molecule has 26 heavy (non-hydrogen) atoms. The SMILES string of the molecule is Cc1ccc(C(=O)NC(=S)Nc2cccc(C(=O)NC(C)(C)C)c2)cc1. The summed E-state index contributed by atoms with van der Waals surface area (Å²) in [4.78, 5) is 24.4. The maximum absolute atomic E-state index is 12.2. The summed E-state index contributed by atoms with van der Waals surface area (Å²) < 4.78 is 0. The number of rotatable bonds is 3. The van der Waals surface area contributed by atoms with Crippen LogP contribution in [0.5, 0.6) is 0 Å². The van der Waals surface area contributed by atoms with E-state index in [0.29, 0.717) is 16.8 Å². The fraction of sp³-hybridized carbons (Fsp3) is 0.250. The van der Waals surface area contributed by atoms with Gasteiger partial charge in [-0.1, -0.05) is 23.8 Å². The fourth-order valence-corrected chi connectivity index (χ4v) is 2.40. The first-order valence-corrected chi connectivity index (χ1v) is 8.66. The molecule has 0 unspecified atom stereocenters. The second kappa shape index (κ2) is 8.10. The summed E-state index contributed by atoms with van der Waals surface area (Å²) in [5.74, 6) is -0.458. The average molecular weight is 369 g/mol. The molecule has 0 aliphatic rings. The van der Waals surface area contributed by atoms with Crippen molar-refractivity contribution in [2.24, 2.45) is 0 Å². The molecule has 0 radical (unpaired) electrons. The number of carbonyl (C=O) groups excluding carboxylic acids is 2. The summed E-state index contributed by atoms with van der Waals surface area (Å²) in [5.41, 5.74) is 2.42. The van der Waals surface area contributed by atoms with Crippen molar-refractivity contribution >= 4 is 34.8 Å². The van der Waals surface area contributed by atoms with Crippen molar-refractivity contribution in [1.29, 1.82) is 0 Å². The quantitative estimate of drug-likeness (QED) is 0.722. The monoisotopic (exact) mass is 369 g/mol. The van der Waals surface area contributed by atoms with Crippen molar-refractivity contribution in [3.63, 3.8) is 0 Å². The Labute approximate surface area is 159 Å². The molecule has 6 heteroatoms. The van der Waals surface area contributed by atoms with Gasteiger partial charge in [0.15, 0.2) is 5.11 Å². The molecule has 136 valence electrons. The van der Waals surface area contributed by atoms with E-state index in [-0.39, 0.29) is 22.5 Å². The number of hydrogen-bond acceptors (Lipinski definition) is 3. The minimum atomic E-state index is -0.322. The second-order valence-electron chi connectivity index (χ2n) is 7.06. The zero-order valence-corrected chi connectivity index (χ0v) is 16.2. The van der Waals surface area contributed by atoms with Crippen LogP contribution < -0.4 is 16.0 Å². The first-order valence-electron chi connectivity index (χ1n) is 8.26. The molecule has 3 N–H and O–H groups in total. The van der Waals surface area contributed by atoms with Gasteiger partial charge in [0, 0.05) is 22.4 Å². The number of hydrogen-bond donors (Lipinski definition) is 3. The number of carbonyl (C=O) groups is 2. The number of benzene rings is 2. The zero-order valence-electron chi connectivity index (χ0n) is 15.3. The van der Waals surface area contributed by atoms with E-state index in [1.807, 2.05) is 39.8 Å². The molecule has 2 rings (SSSR count). The van der Waals surface area contributed by atoms with Crippen LogP contribution in [0.4, 0.5) is 5.69 Å². The predicted molar refractivity (Wildman–Crippen MR) is 109 cm³/mol. The first kappa shape index (κ1) is 19.6. The normalized spacial score (nSPS) is 10.8. The minimum absolute atomic E-state index is 0.170. The van der Waals surface area contributed by atoms with Crippen molar-refractivity contribution in [2.75, 3.05) is 5.32 Å². The molecule has 0 bridgehead atoms. The van der Waals surface area contributed by atoms with Crippen molar-refractivity contribution in [2.45, 2.75) is 33.2 Å². The molecule has 2 amide bonds. The van der Waals surface area contributed by atoms with Gasteiger partial charge in [-0.15, -0.1) is 0 Å². The lowest BCUT2D eigenvalue weighted by molar-refractivity contribution is 0.0918. The first-order chi connectivity index (χ1) is 12.1.